The number of imidazole rings is 1. The van der Waals surface area contributed by atoms with Crippen molar-refractivity contribution in [3.63, 3.8) is 0 Å². The van der Waals surface area contributed by atoms with Crippen LogP contribution in [0.1, 0.15) is 44.8 Å². The van der Waals surface area contributed by atoms with Gasteiger partial charge in [0.1, 0.15) is 41.2 Å². The standard InChI is InChI=1S/C24H40N8O4.C10H13N5O4/c33-15-11-31(12-16-34)23-26-20-19(21(27-23)29-7-3-1-4-8-29)25-24(32(13-17-35)14-18-36)28-22(20)30-9-5-2-6-10-30;11-8-5-9(13-2-12-8)15(3-14-5)10-7(18)6(17)4(1-16)19-10/h33-36H,1-18H2;2-4,6-7,10,16-18H,1H2,(H2,11,12,13)/t;4-,6-,7-,10-/m.1/s1. The first-order chi connectivity index (χ1) is 26.8. The summed E-state index contributed by atoms with van der Waals surface area (Å²) >= 11 is 0. The average Bonchev–Trinajstić information content (AvgIpc) is 3.78. The van der Waals surface area contributed by atoms with Gasteiger partial charge in [-0.05, 0) is 38.5 Å². The zero-order chi connectivity index (χ0) is 38.9. The van der Waals surface area contributed by atoms with Crippen molar-refractivity contribution in [1.82, 2.24) is 39.5 Å². The van der Waals surface area contributed by atoms with Crippen molar-refractivity contribution < 1.29 is 40.5 Å². The summed E-state index contributed by atoms with van der Waals surface area (Å²) in [4.78, 5) is 39.7. The van der Waals surface area contributed by atoms with Gasteiger partial charge in [0.15, 0.2) is 29.3 Å². The molecule has 0 unspecified atom stereocenters. The van der Waals surface area contributed by atoms with Gasteiger partial charge in [-0.1, -0.05) is 0 Å². The van der Waals surface area contributed by atoms with Crippen LogP contribution in [0.2, 0.25) is 0 Å². The average molecular weight is 772 g/mol. The number of hydrogen-bond donors (Lipinski definition) is 8. The second-order valence-corrected chi connectivity index (χ2v) is 13.7. The Bertz CT molecular complexity index is 1740. The summed E-state index contributed by atoms with van der Waals surface area (Å²) in [5, 5.41) is 67.3. The lowest BCUT2D eigenvalue weighted by atomic mass is 10.1. The smallest absolute Gasteiger partial charge is 0.228 e. The first-order valence-corrected chi connectivity index (χ1v) is 18.9. The molecule has 0 saturated carbocycles. The predicted octanol–water partition coefficient (Wildman–Crippen LogP) is -2.00. The molecule has 9 N–H and O–H groups in total. The van der Waals surface area contributed by atoms with Gasteiger partial charge < -0.3 is 65.8 Å². The van der Waals surface area contributed by atoms with E-state index in [1.54, 1.807) is 9.80 Å². The Kier molecular flexibility index (Phi) is 13.9. The molecule has 7 rings (SSSR count). The Morgan fingerprint density at radius 2 is 1.13 bits per heavy atom. The summed E-state index contributed by atoms with van der Waals surface area (Å²) < 4.78 is 6.85. The van der Waals surface area contributed by atoms with Crippen LogP contribution in [0.4, 0.5) is 29.4 Å². The molecule has 3 fully saturated rings. The first-order valence-electron chi connectivity index (χ1n) is 18.9. The Labute approximate surface area is 317 Å². The molecule has 4 aromatic heterocycles. The van der Waals surface area contributed by atoms with Crippen LogP contribution in [-0.4, -0.2) is 179 Å². The number of anilines is 5. The zero-order valence-corrected chi connectivity index (χ0v) is 30.9. The molecule has 7 heterocycles. The van der Waals surface area contributed by atoms with Crippen LogP contribution in [0.15, 0.2) is 12.7 Å². The van der Waals surface area contributed by atoms with Gasteiger partial charge in [0.2, 0.25) is 11.9 Å². The molecule has 0 amide bonds. The van der Waals surface area contributed by atoms with E-state index in [0.29, 0.717) is 60.3 Å². The highest BCUT2D eigenvalue weighted by Gasteiger charge is 2.44. The number of nitrogen functional groups attached to an aromatic ring is 1. The lowest BCUT2D eigenvalue weighted by Gasteiger charge is -2.33. The van der Waals surface area contributed by atoms with Crippen LogP contribution in [0.5, 0.6) is 0 Å². The molecule has 4 atom stereocenters. The fourth-order valence-electron chi connectivity index (χ4n) is 7.17. The second kappa shape index (κ2) is 19.0. The molecule has 55 heavy (non-hydrogen) atoms. The quantitative estimate of drug-likeness (QED) is 0.0688. The molecule has 21 heteroatoms. The van der Waals surface area contributed by atoms with Gasteiger partial charge in [-0.15, -0.1) is 0 Å². The second-order valence-electron chi connectivity index (χ2n) is 13.7. The van der Waals surface area contributed by atoms with Crippen molar-refractivity contribution in [3.8, 4) is 0 Å². The molecule has 4 aromatic rings. The monoisotopic (exact) mass is 771 g/mol. The highest BCUT2D eigenvalue weighted by Crippen LogP contribution is 2.35. The molecule has 0 aromatic carbocycles. The number of aliphatic hydroxyl groups is 7. The van der Waals surface area contributed by atoms with Crippen LogP contribution in [0.25, 0.3) is 22.2 Å². The van der Waals surface area contributed by atoms with Gasteiger partial charge in [-0.3, -0.25) is 4.57 Å². The fourth-order valence-corrected chi connectivity index (χ4v) is 7.17. The molecule has 3 aliphatic heterocycles. The molecule has 3 saturated heterocycles. The number of ether oxygens (including phenoxy) is 1. The highest BCUT2D eigenvalue weighted by atomic mass is 16.6. The molecule has 0 spiro atoms. The molecule has 302 valence electrons. The van der Waals surface area contributed by atoms with E-state index < -0.39 is 31.1 Å². The van der Waals surface area contributed by atoms with E-state index in [9.17, 15) is 30.6 Å². The van der Waals surface area contributed by atoms with Crippen molar-refractivity contribution in [2.45, 2.75) is 63.1 Å². The number of piperidine rings is 2. The van der Waals surface area contributed by atoms with Crippen molar-refractivity contribution in [3.05, 3.63) is 12.7 Å². The Morgan fingerprint density at radius 1 is 0.636 bits per heavy atom. The first kappa shape index (κ1) is 40.3. The predicted molar refractivity (Wildman–Crippen MR) is 203 cm³/mol. The highest BCUT2D eigenvalue weighted by molar-refractivity contribution is 5.95. The van der Waals surface area contributed by atoms with E-state index in [1.807, 2.05) is 0 Å². The molecular weight excluding hydrogens is 718 g/mol. The minimum Gasteiger partial charge on any atom is -0.395 e. The molecule has 21 nitrogen and oxygen atoms in total. The van der Waals surface area contributed by atoms with Crippen LogP contribution < -0.4 is 25.3 Å². The molecule has 3 aliphatic rings. The van der Waals surface area contributed by atoms with Crippen molar-refractivity contribution in [1.29, 1.82) is 0 Å². The normalized spacial score (nSPS) is 21.6. The van der Waals surface area contributed by atoms with Gasteiger partial charge >= 0.3 is 0 Å². The maximum Gasteiger partial charge on any atom is 0.228 e. The van der Waals surface area contributed by atoms with Crippen LogP contribution >= 0.6 is 0 Å². The van der Waals surface area contributed by atoms with E-state index in [4.69, 9.17) is 35.5 Å². The van der Waals surface area contributed by atoms with E-state index in [0.717, 1.165) is 63.5 Å². The van der Waals surface area contributed by atoms with Crippen molar-refractivity contribution in [2.24, 2.45) is 0 Å². The van der Waals surface area contributed by atoms with E-state index in [-0.39, 0.29) is 32.2 Å². The summed E-state index contributed by atoms with van der Waals surface area (Å²) in [5.41, 5.74) is 7.75. The fraction of sp³-hybridized carbons (Fsp3) is 0.676. The number of nitrogens with two attached hydrogens (primary N) is 1. The van der Waals surface area contributed by atoms with Gasteiger partial charge in [0, 0.05) is 52.4 Å². The molecule has 0 aliphatic carbocycles. The lowest BCUT2D eigenvalue weighted by Crippen LogP contribution is -2.36. The number of aliphatic hydroxyl groups excluding tert-OH is 7. The number of hydrogen-bond acceptors (Lipinski definition) is 20. The minimum absolute atomic E-state index is 0.0772. The number of nitrogens with zero attached hydrogens (tertiary/aromatic N) is 12. The summed E-state index contributed by atoms with van der Waals surface area (Å²) in [6, 6.07) is 0. The van der Waals surface area contributed by atoms with Gasteiger partial charge in [-0.25, -0.2) is 24.9 Å². The van der Waals surface area contributed by atoms with Gasteiger partial charge in [0.05, 0.1) is 39.4 Å². The van der Waals surface area contributed by atoms with E-state index in [2.05, 4.69) is 24.8 Å². The van der Waals surface area contributed by atoms with Crippen molar-refractivity contribution in [2.75, 3.05) is 111 Å². The van der Waals surface area contributed by atoms with E-state index in [1.165, 1.54) is 30.1 Å². The summed E-state index contributed by atoms with van der Waals surface area (Å²) in [5.74, 6) is 2.57. The zero-order valence-electron chi connectivity index (χ0n) is 30.9. The van der Waals surface area contributed by atoms with Crippen LogP contribution in [0.3, 0.4) is 0 Å². The number of rotatable bonds is 14. The van der Waals surface area contributed by atoms with Crippen molar-refractivity contribution >= 4 is 51.5 Å². The summed E-state index contributed by atoms with van der Waals surface area (Å²) in [6.45, 7) is 3.99. The Balaban J connectivity index is 0.000000226. The van der Waals surface area contributed by atoms with E-state index >= 15 is 0 Å². The topological polar surface area (TPSA) is 285 Å². The Hall–Kier alpha value is -4.35. The molecular formula is C34H53N13O8. The maximum atomic E-state index is 9.95. The third kappa shape index (κ3) is 8.88. The Morgan fingerprint density at radius 3 is 1.56 bits per heavy atom. The lowest BCUT2D eigenvalue weighted by molar-refractivity contribution is -0.0511. The van der Waals surface area contributed by atoms with Gasteiger partial charge in [-0.2, -0.15) is 9.97 Å². The largest absolute Gasteiger partial charge is 0.395 e. The third-order valence-electron chi connectivity index (χ3n) is 10.0. The third-order valence-corrected chi connectivity index (χ3v) is 10.0. The van der Waals surface area contributed by atoms with Crippen LogP contribution in [-0.2, 0) is 4.74 Å². The minimum atomic E-state index is -1.19. The summed E-state index contributed by atoms with van der Waals surface area (Å²) in [7, 11) is 0. The summed E-state index contributed by atoms with van der Waals surface area (Å²) in [6.07, 6.45) is 5.19. The maximum absolute atomic E-state index is 9.95. The van der Waals surface area contributed by atoms with Gasteiger partial charge in [0.25, 0.3) is 0 Å². The number of aromatic nitrogens is 8. The molecule has 0 radical (unpaired) electrons. The van der Waals surface area contributed by atoms with Crippen LogP contribution in [0, 0.1) is 0 Å². The number of fused-ring (bicyclic) bond motifs is 2. The SMILES string of the molecule is Nc1ncnc2c1ncn2[C@@H]1O[C@H](CO)[C@@H](O)[C@H]1O.OCCN(CCO)c1nc(N2CCCCC2)c2nc(N(CCO)CCO)nc(N3CCCCC3)c2n1. The molecule has 0 bridgehead atoms.